The average Bonchev–Trinajstić information content (AvgIpc) is 2.17. The molecule has 0 amide bonds. The van der Waals surface area contributed by atoms with Crippen molar-refractivity contribution in [1.29, 1.82) is 0 Å². The molecule has 0 bridgehead atoms. The van der Waals surface area contributed by atoms with Gasteiger partial charge in [-0.3, -0.25) is 4.98 Å². The van der Waals surface area contributed by atoms with Gasteiger partial charge in [-0.05, 0) is 12.8 Å². The molecule has 0 aliphatic carbocycles. The minimum Gasteiger partial charge on any atom is -0.366 e. The second kappa shape index (κ2) is 5.81. The lowest BCUT2D eigenvalue weighted by Gasteiger charge is -2.16. The van der Waals surface area contributed by atoms with E-state index in [0.29, 0.717) is 11.2 Å². The Kier molecular flexibility index (Phi) is 4.66. The zero-order valence-electron chi connectivity index (χ0n) is 8.63. The molecule has 0 fully saturated rings. The van der Waals surface area contributed by atoms with Crippen LogP contribution in [0, 0.1) is 0 Å². The first-order valence-electron chi connectivity index (χ1n) is 5.00. The van der Waals surface area contributed by atoms with E-state index < -0.39 is 0 Å². The lowest BCUT2D eigenvalue weighted by atomic mass is 10.1. The smallest absolute Gasteiger partial charge is 0.149 e. The van der Waals surface area contributed by atoms with Crippen molar-refractivity contribution in [1.82, 2.24) is 9.97 Å². The molecule has 1 aromatic heterocycles. The third-order valence-electron chi connectivity index (χ3n) is 2.09. The number of halogens is 1. The summed E-state index contributed by atoms with van der Waals surface area (Å²) in [5.74, 6) is 0.762. The number of aromatic nitrogens is 2. The fourth-order valence-electron chi connectivity index (χ4n) is 1.35. The van der Waals surface area contributed by atoms with E-state index in [9.17, 15) is 0 Å². The summed E-state index contributed by atoms with van der Waals surface area (Å²) in [5, 5.41) is 3.74. The first kappa shape index (κ1) is 11.2. The standard InChI is InChI=1S/C10H16ClN3/c1-3-5-8(4-2)13-10-7-12-6-9(11)14-10/h6-8H,3-5H2,1-2H3,(H,13,14). The number of rotatable bonds is 5. The van der Waals surface area contributed by atoms with Gasteiger partial charge >= 0.3 is 0 Å². The van der Waals surface area contributed by atoms with Crippen LogP contribution in [0.4, 0.5) is 5.82 Å². The van der Waals surface area contributed by atoms with Crippen LogP contribution in [0.1, 0.15) is 33.1 Å². The molecular formula is C10H16ClN3. The summed E-state index contributed by atoms with van der Waals surface area (Å²) in [6.07, 6.45) is 6.63. The Morgan fingerprint density at radius 1 is 1.43 bits per heavy atom. The number of nitrogens with zero attached hydrogens (tertiary/aromatic N) is 2. The molecular weight excluding hydrogens is 198 g/mol. The fourth-order valence-corrected chi connectivity index (χ4v) is 1.50. The average molecular weight is 214 g/mol. The number of nitrogens with one attached hydrogen (secondary N) is 1. The Morgan fingerprint density at radius 2 is 2.21 bits per heavy atom. The summed E-state index contributed by atoms with van der Waals surface area (Å²) in [5.41, 5.74) is 0. The highest BCUT2D eigenvalue weighted by Gasteiger charge is 2.05. The lowest BCUT2D eigenvalue weighted by Crippen LogP contribution is -2.18. The van der Waals surface area contributed by atoms with E-state index in [2.05, 4.69) is 29.1 Å². The number of anilines is 1. The van der Waals surface area contributed by atoms with Gasteiger partial charge in [-0.25, -0.2) is 4.98 Å². The van der Waals surface area contributed by atoms with Crippen LogP contribution in [0.15, 0.2) is 12.4 Å². The van der Waals surface area contributed by atoms with Crippen LogP contribution >= 0.6 is 11.6 Å². The molecule has 1 N–H and O–H groups in total. The van der Waals surface area contributed by atoms with Crippen molar-refractivity contribution in [3.8, 4) is 0 Å². The molecule has 0 aliphatic rings. The SMILES string of the molecule is CCCC(CC)Nc1cncc(Cl)n1. The van der Waals surface area contributed by atoms with Gasteiger partial charge in [0.25, 0.3) is 0 Å². The molecule has 14 heavy (non-hydrogen) atoms. The Balaban J connectivity index is 2.57. The highest BCUT2D eigenvalue weighted by molar-refractivity contribution is 6.29. The molecule has 1 unspecified atom stereocenters. The van der Waals surface area contributed by atoms with E-state index in [-0.39, 0.29) is 0 Å². The predicted molar refractivity (Wildman–Crippen MR) is 59.7 cm³/mol. The minimum atomic E-state index is 0.432. The quantitative estimate of drug-likeness (QED) is 0.817. The summed E-state index contributed by atoms with van der Waals surface area (Å²) in [6, 6.07) is 0.466. The fraction of sp³-hybridized carbons (Fsp3) is 0.600. The van der Waals surface area contributed by atoms with Gasteiger partial charge in [-0.1, -0.05) is 31.9 Å². The van der Waals surface area contributed by atoms with E-state index in [4.69, 9.17) is 11.6 Å². The van der Waals surface area contributed by atoms with Crippen LogP contribution in [0.2, 0.25) is 5.15 Å². The van der Waals surface area contributed by atoms with Crippen LogP contribution in [-0.2, 0) is 0 Å². The van der Waals surface area contributed by atoms with Crippen molar-refractivity contribution in [3.63, 3.8) is 0 Å². The third-order valence-corrected chi connectivity index (χ3v) is 2.27. The normalized spacial score (nSPS) is 12.5. The summed E-state index contributed by atoms with van der Waals surface area (Å²) < 4.78 is 0. The topological polar surface area (TPSA) is 37.8 Å². The number of hydrogen-bond acceptors (Lipinski definition) is 3. The summed E-state index contributed by atoms with van der Waals surface area (Å²) in [7, 11) is 0. The maximum absolute atomic E-state index is 5.73. The van der Waals surface area contributed by atoms with Crippen molar-refractivity contribution >= 4 is 17.4 Å². The second-order valence-electron chi connectivity index (χ2n) is 3.27. The van der Waals surface area contributed by atoms with Gasteiger partial charge in [0.15, 0.2) is 0 Å². The van der Waals surface area contributed by atoms with E-state index >= 15 is 0 Å². The molecule has 1 aromatic rings. The summed E-state index contributed by atoms with van der Waals surface area (Å²) >= 11 is 5.73. The molecule has 78 valence electrons. The molecule has 0 aliphatic heterocycles. The van der Waals surface area contributed by atoms with E-state index in [0.717, 1.165) is 18.7 Å². The zero-order valence-corrected chi connectivity index (χ0v) is 9.38. The molecule has 0 saturated carbocycles. The van der Waals surface area contributed by atoms with Crippen molar-refractivity contribution in [2.24, 2.45) is 0 Å². The van der Waals surface area contributed by atoms with Crippen LogP contribution in [-0.4, -0.2) is 16.0 Å². The maximum Gasteiger partial charge on any atom is 0.149 e. The van der Waals surface area contributed by atoms with E-state index in [1.165, 1.54) is 12.6 Å². The molecule has 0 saturated heterocycles. The molecule has 0 spiro atoms. The summed E-state index contributed by atoms with van der Waals surface area (Å²) in [6.45, 7) is 4.33. The first-order chi connectivity index (χ1) is 6.76. The first-order valence-corrected chi connectivity index (χ1v) is 5.38. The monoisotopic (exact) mass is 213 g/mol. The Labute approximate surface area is 89.9 Å². The molecule has 4 heteroatoms. The lowest BCUT2D eigenvalue weighted by molar-refractivity contribution is 0.620. The van der Waals surface area contributed by atoms with Gasteiger partial charge in [-0.2, -0.15) is 0 Å². The van der Waals surface area contributed by atoms with Crippen LogP contribution in [0.3, 0.4) is 0 Å². The predicted octanol–water partition coefficient (Wildman–Crippen LogP) is 3.12. The van der Waals surface area contributed by atoms with Crippen molar-refractivity contribution in [2.75, 3.05) is 5.32 Å². The Hall–Kier alpha value is -0.830. The minimum absolute atomic E-state index is 0.432. The molecule has 0 radical (unpaired) electrons. The molecule has 1 rings (SSSR count). The molecule has 1 atom stereocenters. The van der Waals surface area contributed by atoms with Crippen molar-refractivity contribution in [3.05, 3.63) is 17.5 Å². The molecule has 0 aromatic carbocycles. The van der Waals surface area contributed by atoms with Gasteiger partial charge in [0.2, 0.25) is 0 Å². The van der Waals surface area contributed by atoms with Gasteiger partial charge in [0.05, 0.1) is 12.4 Å². The highest BCUT2D eigenvalue weighted by Crippen LogP contribution is 2.11. The van der Waals surface area contributed by atoms with Crippen molar-refractivity contribution in [2.45, 2.75) is 39.2 Å². The highest BCUT2D eigenvalue weighted by atomic mass is 35.5. The third kappa shape index (κ3) is 3.50. The van der Waals surface area contributed by atoms with Gasteiger partial charge < -0.3 is 5.32 Å². The zero-order chi connectivity index (χ0) is 10.4. The van der Waals surface area contributed by atoms with Crippen LogP contribution in [0.25, 0.3) is 0 Å². The maximum atomic E-state index is 5.73. The van der Waals surface area contributed by atoms with Gasteiger partial charge in [-0.15, -0.1) is 0 Å². The van der Waals surface area contributed by atoms with E-state index in [1.54, 1.807) is 6.20 Å². The molecule has 1 heterocycles. The second-order valence-corrected chi connectivity index (χ2v) is 3.65. The van der Waals surface area contributed by atoms with Crippen LogP contribution in [0.5, 0.6) is 0 Å². The largest absolute Gasteiger partial charge is 0.366 e. The van der Waals surface area contributed by atoms with Gasteiger partial charge in [0, 0.05) is 6.04 Å². The summed E-state index contributed by atoms with van der Waals surface area (Å²) in [4.78, 5) is 8.11. The van der Waals surface area contributed by atoms with Gasteiger partial charge in [0.1, 0.15) is 11.0 Å². The van der Waals surface area contributed by atoms with Crippen LogP contribution < -0.4 is 5.32 Å². The van der Waals surface area contributed by atoms with E-state index in [1.807, 2.05) is 0 Å². The Morgan fingerprint density at radius 3 is 2.79 bits per heavy atom. The molecule has 3 nitrogen and oxygen atoms in total. The van der Waals surface area contributed by atoms with Crippen molar-refractivity contribution < 1.29 is 0 Å². The number of hydrogen-bond donors (Lipinski definition) is 1. The Bertz CT molecular complexity index is 278.